The Hall–Kier alpha value is -2.25. The van der Waals surface area contributed by atoms with Gasteiger partial charge in [-0.25, -0.2) is 0 Å². The van der Waals surface area contributed by atoms with Crippen molar-refractivity contribution in [2.45, 2.75) is 45.5 Å². The van der Waals surface area contributed by atoms with Crippen molar-refractivity contribution in [1.82, 2.24) is 20.8 Å². The number of nitrogens with zero attached hydrogens (tertiary/aromatic N) is 2. The molecule has 0 bridgehead atoms. The van der Waals surface area contributed by atoms with Crippen LogP contribution in [0.2, 0.25) is 0 Å². The third-order valence-corrected chi connectivity index (χ3v) is 4.08. The van der Waals surface area contributed by atoms with Crippen LogP contribution in [0, 0.1) is 0 Å². The van der Waals surface area contributed by atoms with Crippen molar-refractivity contribution in [2.24, 2.45) is 0 Å². The molecule has 0 saturated heterocycles. The summed E-state index contributed by atoms with van der Waals surface area (Å²) in [5.74, 6) is 0.800. The molecule has 2 aromatic rings. The molecule has 2 atom stereocenters. The summed E-state index contributed by atoms with van der Waals surface area (Å²) in [7, 11) is 0. The van der Waals surface area contributed by atoms with E-state index in [-0.39, 0.29) is 24.6 Å². The number of amides is 1. The first-order chi connectivity index (χ1) is 11.7. The van der Waals surface area contributed by atoms with E-state index in [0.717, 1.165) is 0 Å². The fourth-order valence-corrected chi connectivity index (χ4v) is 2.76. The van der Waals surface area contributed by atoms with Crippen LogP contribution in [-0.4, -0.2) is 28.7 Å². The van der Waals surface area contributed by atoms with Crippen LogP contribution in [-0.2, 0) is 29.0 Å². The summed E-state index contributed by atoms with van der Waals surface area (Å²) in [6.07, 6.45) is 0.457. The Morgan fingerprint density at radius 3 is 3.04 bits per heavy atom. The van der Waals surface area contributed by atoms with Crippen LogP contribution >= 0.6 is 0 Å². The standard InChI is InChI=1S/C17H22N4O3/c1-3-23-11(2)16-20-15(24-21-16)10-19-17(22)14-8-12-6-4-5-7-13(12)9-18-14/h4-7,11,14,18H,3,8-10H2,1-2H3,(H,19,22)/t11-,14+/m0/s1. The molecule has 7 heteroatoms. The Labute approximate surface area is 140 Å². The van der Waals surface area contributed by atoms with E-state index in [2.05, 4.69) is 32.9 Å². The zero-order valence-corrected chi connectivity index (χ0v) is 13.9. The topological polar surface area (TPSA) is 89.3 Å². The summed E-state index contributed by atoms with van der Waals surface area (Å²) in [6, 6.07) is 7.91. The van der Waals surface area contributed by atoms with Gasteiger partial charge in [0.2, 0.25) is 11.8 Å². The van der Waals surface area contributed by atoms with Crippen LogP contribution in [0.15, 0.2) is 28.8 Å². The predicted octanol–water partition coefficient (Wildman–Crippen LogP) is 1.50. The van der Waals surface area contributed by atoms with Gasteiger partial charge in [0.1, 0.15) is 6.10 Å². The highest BCUT2D eigenvalue weighted by Gasteiger charge is 2.24. The zero-order chi connectivity index (χ0) is 16.9. The van der Waals surface area contributed by atoms with Gasteiger partial charge in [-0.05, 0) is 31.4 Å². The molecule has 0 radical (unpaired) electrons. The van der Waals surface area contributed by atoms with Crippen molar-refractivity contribution in [3.05, 3.63) is 47.1 Å². The van der Waals surface area contributed by atoms with Crippen LogP contribution in [0.3, 0.4) is 0 Å². The average molecular weight is 330 g/mol. The maximum Gasteiger partial charge on any atom is 0.246 e. The Morgan fingerprint density at radius 1 is 1.46 bits per heavy atom. The van der Waals surface area contributed by atoms with Gasteiger partial charge in [-0.2, -0.15) is 4.98 Å². The molecule has 0 spiro atoms. The Morgan fingerprint density at radius 2 is 2.25 bits per heavy atom. The molecular formula is C17H22N4O3. The van der Waals surface area contributed by atoms with Crippen molar-refractivity contribution >= 4 is 5.91 Å². The van der Waals surface area contributed by atoms with Gasteiger partial charge in [0.05, 0.1) is 12.6 Å². The molecule has 1 amide bonds. The highest BCUT2D eigenvalue weighted by molar-refractivity contribution is 5.82. The summed E-state index contributed by atoms with van der Waals surface area (Å²) in [5, 5.41) is 9.97. The van der Waals surface area contributed by atoms with Gasteiger partial charge in [-0.15, -0.1) is 0 Å². The normalized spacial score (nSPS) is 18.0. The second kappa shape index (κ2) is 7.55. The maximum atomic E-state index is 12.3. The monoisotopic (exact) mass is 330 g/mol. The zero-order valence-electron chi connectivity index (χ0n) is 13.9. The van der Waals surface area contributed by atoms with E-state index in [1.165, 1.54) is 11.1 Å². The molecule has 128 valence electrons. The summed E-state index contributed by atoms with van der Waals surface area (Å²) in [6.45, 7) is 5.26. The van der Waals surface area contributed by atoms with E-state index < -0.39 is 0 Å². The number of carbonyl (C=O) groups excluding carboxylic acids is 1. The van der Waals surface area contributed by atoms with Crippen LogP contribution < -0.4 is 10.6 Å². The van der Waals surface area contributed by atoms with Gasteiger partial charge >= 0.3 is 0 Å². The number of hydrogen-bond donors (Lipinski definition) is 2. The smallest absolute Gasteiger partial charge is 0.246 e. The molecule has 3 rings (SSSR count). The molecule has 1 aromatic carbocycles. The first kappa shape index (κ1) is 16.6. The highest BCUT2D eigenvalue weighted by atomic mass is 16.5. The van der Waals surface area contributed by atoms with Crippen molar-refractivity contribution in [3.8, 4) is 0 Å². The first-order valence-corrected chi connectivity index (χ1v) is 8.19. The van der Waals surface area contributed by atoms with Gasteiger partial charge in [0.15, 0.2) is 5.82 Å². The molecule has 0 saturated carbocycles. The second-order valence-electron chi connectivity index (χ2n) is 5.77. The highest BCUT2D eigenvalue weighted by Crippen LogP contribution is 2.16. The number of aromatic nitrogens is 2. The minimum Gasteiger partial charge on any atom is -0.371 e. The molecule has 0 unspecified atom stereocenters. The largest absolute Gasteiger partial charge is 0.371 e. The summed E-state index contributed by atoms with van der Waals surface area (Å²) >= 11 is 0. The molecule has 1 aromatic heterocycles. The Balaban J connectivity index is 1.53. The molecule has 0 aliphatic carbocycles. The molecule has 2 N–H and O–H groups in total. The maximum absolute atomic E-state index is 12.3. The Kier molecular flexibility index (Phi) is 5.22. The van der Waals surface area contributed by atoms with Crippen LogP contribution in [0.5, 0.6) is 0 Å². The second-order valence-corrected chi connectivity index (χ2v) is 5.77. The summed E-state index contributed by atoms with van der Waals surface area (Å²) in [5.41, 5.74) is 2.45. The number of fused-ring (bicyclic) bond motifs is 1. The van der Waals surface area contributed by atoms with Crippen molar-refractivity contribution in [3.63, 3.8) is 0 Å². The number of nitrogens with one attached hydrogen (secondary N) is 2. The molecule has 1 aliphatic rings. The number of ether oxygens (including phenoxy) is 1. The molecule has 7 nitrogen and oxygen atoms in total. The van der Waals surface area contributed by atoms with Crippen LogP contribution in [0.25, 0.3) is 0 Å². The van der Waals surface area contributed by atoms with E-state index in [1.54, 1.807) is 0 Å². The number of rotatable bonds is 6. The minimum absolute atomic E-state index is 0.0675. The Bertz CT molecular complexity index is 701. The molecular weight excluding hydrogens is 308 g/mol. The summed E-state index contributed by atoms with van der Waals surface area (Å²) < 4.78 is 10.6. The van der Waals surface area contributed by atoms with E-state index in [4.69, 9.17) is 9.26 Å². The number of carbonyl (C=O) groups is 1. The van der Waals surface area contributed by atoms with Crippen molar-refractivity contribution < 1.29 is 14.1 Å². The lowest BCUT2D eigenvalue weighted by Crippen LogP contribution is -2.47. The van der Waals surface area contributed by atoms with Gasteiger partial charge in [0.25, 0.3) is 0 Å². The van der Waals surface area contributed by atoms with Gasteiger partial charge in [-0.3, -0.25) is 4.79 Å². The average Bonchev–Trinajstić information content (AvgIpc) is 3.08. The number of benzene rings is 1. The van der Waals surface area contributed by atoms with Gasteiger partial charge in [-0.1, -0.05) is 29.4 Å². The lowest BCUT2D eigenvalue weighted by atomic mass is 9.95. The van der Waals surface area contributed by atoms with E-state index in [0.29, 0.717) is 31.3 Å². The van der Waals surface area contributed by atoms with Crippen molar-refractivity contribution in [1.29, 1.82) is 0 Å². The minimum atomic E-state index is -0.246. The molecule has 24 heavy (non-hydrogen) atoms. The molecule has 2 heterocycles. The number of hydrogen-bond acceptors (Lipinski definition) is 6. The van der Waals surface area contributed by atoms with Gasteiger partial charge < -0.3 is 19.9 Å². The van der Waals surface area contributed by atoms with E-state index in [9.17, 15) is 4.79 Å². The SMILES string of the molecule is CCO[C@@H](C)c1noc(CNC(=O)[C@H]2Cc3ccccc3CN2)n1. The van der Waals surface area contributed by atoms with Crippen LogP contribution in [0.4, 0.5) is 0 Å². The fraction of sp³-hybridized carbons (Fsp3) is 0.471. The lowest BCUT2D eigenvalue weighted by molar-refractivity contribution is -0.123. The molecule has 0 fully saturated rings. The van der Waals surface area contributed by atoms with E-state index >= 15 is 0 Å². The van der Waals surface area contributed by atoms with Crippen LogP contribution in [0.1, 0.15) is 42.8 Å². The third-order valence-electron chi connectivity index (χ3n) is 4.08. The van der Waals surface area contributed by atoms with Gasteiger partial charge in [0, 0.05) is 13.2 Å². The predicted molar refractivity (Wildman–Crippen MR) is 87.0 cm³/mol. The third kappa shape index (κ3) is 3.80. The van der Waals surface area contributed by atoms with Crippen molar-refractivity contribution in [2.75, 3.05) is 6.61 Å². The quantitative estimate of drug-likeness (QED) is 0.834. The summed E-state index contributed by atoms with van der Waals surface area (Å²) in [4.78, 5) is 16.6. The molecule has 1 aliphatic heterocycles. The van der Waals surface area contributed by atoms with E-state index in [1.807, 2.05) is 26.0 Å². The first-order valence-electron chi connectivity index (χ1n) is 8.19. The lowest BCUT2D eigenvalue weighted by Gasteiger charge is -2.25. The fourth-order valence-electron chi connectivity index (χ4n) is 2.76.